The van der Waals surface area contributed by atoms with Gasteiger partial charge >= 0.3 is 0 Å². The van der Waals surface area contributed by atoms with E-state index in [4.69, 9.17) is 0 Å². The van der Waals surface area contributed by atoms with Gasteiger partial charge in [0, 0.05) is 13.5 Å². The average molecular weight is 228 g/mol. The van der Waals surface area contributed by atoms with Gasteiger partial charge < -0.3 is 10.2 Å². The van der Waals surface area contributed by atoms with Crippen molar-refractivity contribution in [1.29, 1.82) is 0 Å². The van der Waals surface area contributed by atoms with Crippen molar-refractivity contribution in [1.82, 2.24) is 10.9 Å². The molecule has 0 heterocycles. The van der Waals surface area contributed by atoms with Crippen LogP contribution < -0.4 is 10.9 Å². The number of carbonyl (C=O) groups is 1. The van der Waals surface area contributed by atoms with Gasteiger partial charge in [-0.15, -0.1) is 0 Å². The number of hydrogen-bond donors (Lipinski definition) is 4. The molecule has 0 saturated heterocycles. The van der Waals surface area contributed by atoms with E-state index in [0.717, 1.165) is 0 Å². The molecule has 5 heteroatoms. The van der Waals surface area contributed by atoms with Gasteiger partial charge in [0.2, 0.25) is 0 Å². The van der Waals surface area contributed by atoms with Crippen LogP contribution in [0.5, 0.6) is 0 Å². The third kappa shape index (κ3) is 4.46. The molecule has 0 aliphatic carbocycles. The molecule has 0 radical (unpaired) electrons. The monoisotopic (exact) mass is 228 g/mol. The molecule has 0 fully saturated rings. The molecule has 0 aromatic rings. The van der Waals surface area contributed by atoms with Crippen molar-refractivity contribution in [3.63, 3.8) is 0 Å². The van der Waals surface area contributed by atoms with Crippen LogP contribution in [-0.2, 0) is 4.79 Å². The van der Waals surface area contributed by atoms with Crippen LogP contribution in [0.15, 0.2) is 23.0 Å². The van der Waals surface area contributed by atoms with Gasteiger partial charge in [-0.1, -0.05) is 13.0 Å². The molecule has 0 aliphatic heterocycles. The lowest BCUT2D eigenvalue weighted by atomic mass is 10.0. The number of allylic oxidation sites excluding steroid dienone is 1. The van der Waals surface area contributed by atoms with Crippen LogP contribution in [0.4, 0.5) is 0 Å². The third-order valence-electron chi connectivity index (χ3n) is 1.97. The minimum absolute atomic E-state index is 0.00199. The van der Waals surface area contributed by atoms with Crippen molar-refractivity contribution in [3.8, 4) is 0 Å². The molecule has 0 rings (SSSR count). The standard InChI is InChI=1S/C11H20N2O3/c1-5-9(15)10(11(16)13-12-4)7(2)6-8(3)14/h6,8,12,14-15H,5H2,1-4H3,(H,13,16)/b7-6-,10-9-. The van der Waals surface area contributed by atoms with Crippen molar-refractivity contribution in [3.05, 3.63) is 23.0 Å². The molecule has 0 aliphatic rings. The number of aliphatic hydroxyl groups excluding tert-OH is 2. The first-order valence-corrected chi connectivity index (χ1v) is 5.20. The van der Waals surface area contributed by atoms with Gasteiger partial charge in [0.15, 0.2) is 0 Å². The smallest absolute Gasteiger partial charge is 0.269 e. The fourth-order valence-corrected chi connectivity index (χ4v) is 1.34. The Kier molecular flexibility index (Phi) is 6.44. The maximum absolute atomic E-state index is 11.7. The highest BCUT2D eigenvalue weighted by Gasteiger charge is 2.16. The Morgan fingerprint density at radius 3 is 2.44 bits per heavy atom. The highest BCUT2D eigenvalue weighted by molar-refractivity contribution is 5.97. The molecule has 1 unspecified atom stereocenters. The molecule has 0 bridgehead atoms. The summed E-state index contributed by atoms with van der Waals surface area (Å²) in [5.74, 6) is -0.418. The summed E-state index contributed by atoms with van der Waals surface area (Å²) in [5.41, 5.74) is 5.62. The Labute approximate surface area is 95.8 Å². The van der Waals surface area contributed by atoms with E-state index in [1.165, 1.54) is 6.08 Å². The molecule has 4 N–H and O–H groups in total. The number of aliphatic hydroxyl groups is 2. The summed E-state index contributed by atoms with van der Waals surface area (Å²) in [6.45, 7) is 5.00. The van der Waals surface area contributed by atoms with Crippen LogP contribution in [0, 0.1) is 0 Å². The Hall–Kier alpha value is -1.33. The Balaban J connectivity index is 5.20. The second kappa shape index (κ2) is 7.03. The fraction of sp³-hybridized carbons (Fsp3) is 0.545. The first kappa shape index (κ1) is 14.7. The van der Waals surface area contributed by atoms with E-state index in [2.05, 4.69) is 10.9 Å². The first-order chi connectivity index (χ1) is 7.43. The van der Waals surface area contributed by atoms with Crippen LogP contribution in [0.2, 0.25) is 0 Å². The molecular formula is C11H20N2O3. The minimum atomic E-state index is -0.665. The van der Waals surface area contributed by atoms with Crippen molar-refractivity contribution in [2.75, 3.05) is 7.05 Å². The largest absolute Gasteiger partial charge is 0.511 e. The second-order valence-corrected chi connectivity index (χ2v) is 3.47. The van der Waals surface area contributed by atoms with Crippen LogP contribution >= 0.6 is 0 Å². The summed E-state index contributed by atoms with van der Waals surface area (Å²) in [5, 5.41) is 18.9. The number of carbonyl (C=O) groups excluding carboxylic acids is 1. The molecule has 0 spiro atoms. The first-order valence-electron chi connectivity index (χ1n) is 5.20. The van der Waals surface area contributed by atoms with E-state index >= 15 is 0 Å². The molecule has 16 heavy (non-hydrogen) atoms. The van der Waals surface area contributed by atoms with Gasteiger partial charge in [0.25, 0.3) is 5.91 Å². The normalized spacial score (nSPS) is 15.4. The van der Waals surface area contributed by atoms with E-state index in [0.29, 0.717) is 12.0 Å². The molecule has 5 nitrogen and oxygen atoms in total. The van der Waals surface area contributed by atoms with Crippen LogP contribution in [0.3, 0.4) is 0 Å². The zero-order valence-corrected chi connectivity index (χ0v) is 10.2. The van der Waals surface area contributed by atoms with Gasteiger partial charge in [-0.2, -0.15) is 0 Å². The lowest BCUT2D eigenvalue weighted by molar-refractivity contribution is -0.118. The van der Waals surface area contributed by atoms with Crippen molar-refractivity contribution in [2.24, 2.45) is 0 Å². The van der Waals surface area contributed by atoms with Crippen molar-refractivity contribution in [2.45, 2.75) is 33.3 Å². The lowest BCUT2D eigenvalue weighted by Gasteiger charge is -2.11. The highest BCUT2D eigenvalue weighted by atomic mass is 16.3. The summed E-state index contributed by atoms with van der Waals surface area (Å²) in [4.78, 5) is 11.7. The van der Waals surface area contributed by atoms with Gasteiger partial charge in [-0.05, 0) is 19.4 Å². The van der Waals surface area contributed by atoms with E-state index in [1.54, 1.807) is 27.8 Å². The molecule has 0 aromatic heterocycles. The number of amides is 1. The van der Waals surface area contributed by atoms with Crippen LogP contribution in [0.25, 0.3) is 0 Å². The molecule has 1 amide bonds. The van der Waals surface area contributed by atoms with Crippen LogP contribution in [0.1, 0.15) is 27.2 Å². The maximum Gasteiger partial charge on any atom is 0.269 e. The second-order valence-electron chi connectivity index (χ2n) is 3.47. The number of rotatable bonds is 5. The van der Waals surface area contributed by atoms with Gasteiger partial charge in [0.05, 0.1) is 11.7 Å². The molecule has 0 aromatic carbocycles. The zero-order chi connectivity index (χ0) is 12.7. The van der Waals surface area contributed by atoms with Crippen molar-refractivity contribution < 1.29 is 15.0 Å². The molecular weight excluding hydrogens is 208 g/mol. The fourth-order valence-electron chi connectivity index (χ4n) is 1.34. The molecule has 0 saturated carbocycles. The van der Waals surface area contributed by atoms with E-state index < -0.39 is 12.0 Å². The summed E-state index contributed by atoms with van der Waals surface area (Å²) in [6, 6.07) is 0. The predicted octanol–water partition coefficient (Wildman–Crippen LogP) is 0.786. The average Bonchev–Trinajstić information content (AvgIpc) is 2.16. The topological polar surface area (TPSA) is 81.6 Å². The van der Waals surface area contributed by atoms with Gasteiger partial charge in [-0.25, -0.2) is 5.43 Å². The summed E-state index contributed by atoms with van der Waals surface area (Å²) in [6.07, 6.45) is 1.20. The van der Waals surface area contributed by atoms with E-state index in [9.17, 15) is 15.0 Å². The summed E-state index contributed by atoms with van der Waals surface area (Å²) >= 11 is 0. The van der Waals surface area contributed by atoms with Crippen molar-refractivity contribution >= 4 is 5.91 Å². The van der Waals surface area contributed by atoms with Crippen LogP contribution in [-0.4, -0.2) is 29.3 Å². The highest BCUT2D eigenvalue weighted by Crippen LogP contribution is 2.16. The number of hydrazine groups is 1. The SMILES string of the molecule is CC/C(O)=C(C(=O)NNC)\C(C)=C/C(C)O. The minimum Gasteiger partial charge on any atom is -0.511 e. The number of hydrogen-bond acceptors (Lipinski definition) is 4. The van der Waals surface area contributed by atoms with Gasteiger partial charge in [0.1, 0.15) is 5.76 Å². The lowest BCUT2D eigenvalue weighted by Crippen LogP contribution is -2.36. The quantitative estimate of drug-likeness (QED) is 0.243. The Bertz CT molecular complexity index is 306. The third-order valence-corrected chi connectivity index (χ3v) is 1.97. The Morgan fingerprint density at radius 1 is 1.50 bits per heavy atom. The van der Waals surface area contributed by atoms with E-state index in [-0.39, 0.29) is 11.3 Å². The summed E-state index contributed by atoms with van der Waals surface area (Å²) in [7, 11) is 1.56. The summed E-state index contributed by atoms with van der Waals surface area (Å²) < 4.78 is 0. The predicted molar refractivity (Wildman–Crippen MR) is 62.6 cm³/mol. The molecule has 92 valence electrons. The Morgan fingerprint density at radius 2 is 2.06 bits per heavy atom. The maximum atomic E-state index is 11.7. The zero-order valence-electron chi connectivity index (χ0n) is 10.2. The molecule has 1 atom stereocenters. The number of nitrogens with one attached hydrogen (secondary N) is 2. The van der Waals surface area contributed by atoms with Gasteiger partial charge in [-0.3, -0.25) is 10.2 Å². The van der Waals surface area contributed by atoms with E-state index in [1.807, 2.05) is 0 Å².